The summed E-state index contributed by atoms with van der Waals surface area (Å²) in [5, 5.41) is 7.02. The van der Waals surface area contributed by atoms with Crippen molar-refractivity contribution < 1.29 is 4.79 Å². The monoisotopic (exact) mass is 272 g/mol. The van der Waals surface area contributed by atoms with Gasteiger partial charge in [0.2, 0.25) is 0 Å². The van der Waals surface area contributed by atoms with Crippen LogP contribution in [0.4, 0.5) is 11.4 Å². The maximum absolute atomic E-state index is 12.4. The van der Waals surface area contributed by atoms with Crippen molar-refractivity contribution in [1.29, 1.82) is 0 Å². The molecule has 1 heterocycles. The molecule has 0 saturated heterocycles. The van der Waals surface area contributed by atoms with Gasteiger partial charge in [0.15, 0.2) is 0 Å². The summed E-state index contributed by atoms with van der Waals surface area (Å²) in [5.74, 6) is -0.217. The molecule has 1 aromatic carbocycles. The summed E-state index contributed by atoms with van der Waals surface area (Å²) in [6.45, 7) is 4.65. The molecule has 0 bridgehead atoms. The largest absolute Gasteiger partial charge is 0.396 e. The molecule has 106 valence electrons. The molecule has 5 heteroatoms. The molecule has 1 aromatic heterocycles. The number of amides is 1. The summed E-state index contributed by atoms with van der Waals surface area (Å²) in [5.41, 5.74) is 8.60. The minimum absolute atomic E-state index is 0.217. The molecule has 0 aliphatic carbocycles. The first kappa shape index (κ1) is 14.1. The summed E-state index contributed by atoms with van der Waals surface area (Å²) in [4.78, 5) is 12.4. The second-order valence-corrected chi connectivity index (χ2v) is 4.63. The van der Waals surface area contributed by atoms with Gasteiger partial charge in [0, 0.05) is 12.2 Å². The number of benzene rings is 1. The van der Waals surface area contributed by atoms with Gasteiger partial charge in [-0.25, -0.2) is 0 Å². The Morgan fingerprint density at radius 1 is 1.35 bits per heavy atom. The molecule has 2 rings (SSSR count). The van der Waals surface area contributed by atoms with Gasteiger partial charge in [-0.2, -0.15) is 5.10 Å². The summed E-state index contributed by atoms with van der Waals surface area (Å²) < 4.78 is 1.60. The standard InChI is InChI=1S/C15H20N4O/c1-3-7-11-8-5-6-9-13(11)18-15(20)14-12(16)10-17-19(14)4-2/h5-6,8-10H,3-4,7,16H2,1-2H3,(H,18,20). The molecule has 5 nitrogen and oxygen atoms in total. The van der Waals surface area contributed by atoms with Crippen molar-refractivity contribution in [3.05, 3.63) is 41.7 Å². The number of carbonyl (C=O) groups is 1. The van der Waals surface area contributed by atoms with Crippen molar-refractivity contribution in [3.63, 3.8) is 0 Å². The van der Waals surface area contributed by atoms with Crippen molar-refractivity contribution in [1.82, 2.24) is 9.78 Å². The van der Waals surface area contributed by atoms with E-state index in [0.29, 0.717) is 17.9 Å². The third kappa shape index (κ3) is 2.82. The van der Waals surface area contributed by atoms with E-state index in [1.807, 2.05) is 31.2 Å². The van der Waals surface area contributed by atoms with Crippen LogP contribution < -0.4 is 11.1 Å². The smallest absolute Gasteiger partial charge is 0.276 e. The number of para-hydroxylation sites is 1. The third-order valence-electron chi connectivity index (χ3n) is 3.17. The van der Waals surface area contributed by atoms with Crippen molar-refractivity contribution in [3.8, 4) is 0 Å². The van der Waals surface area contributed by atoms with Gasteiger partial charge in [-0.05, 0) is 25.0 Å². The minimum Gasteiger partial charge on any atom is -0.396 e. The lowest BCUT2D eigenvalue weighted by atomic mass is 10.1. The zero-order valence-electron chi connectivity index (χ0n) is 11.9. The van der Waals surface area contributed by atoms with Crippen molar-refractivity contribution in [2.75, 3.05) is 11.1 Å². The van der Waals surface area contributed by atoms with E-state index >= 15 is 0 Å². The minimum atomic E-state index is -0.217. The van der Waals surface area contributed by atoms with Gasteiger partial charge in [-0.3, -0.25) is 9.48 Å². The highest BCUT2D eigenvalue weighted by Gasteiger charge is 2.17. The van der Waals surface area contributed by atoms with Gasteiger partial charge in [0.25, 0.3) is 5.91 Å². The van der Waals surface area contributed by atoms with E-state index in [4.69, 9.17) is 5.73 Å². The highest BCUT2D eigenvalue weighted by Crippen LogP contribution is 2.19. The second-order valence-electron chi connectivity index (χ2n) is 4.63. The average molecular weight is 272 g/mol. The van der Waals surface area contributed by atoms with Crippen LogP contribution in [0.15, 0.2) is 30.5 Å². The first-order chi connectivity index (χ1) is 9.67. The summed E-state index contributed by atoms with van der Waals surface area (Å²) in [6.07, 6.45) is 3.47. The van der Waals surface area contributed by atoms with Gasteiger partial charge >= 0.3 is 0 Å². The fourth-order valence-corrected chi connectivity index (χ4v) is 2.20. The number of aromatic nitrogens is 2. The van der Waals surface area contributed by atoms with Crippen molar-refractivity contribution in [2.45, 2.75) is 33.2 Å². The van der Waals surface area contributed by atoms with Crippen LogP contribution in [0, 0.1) is 0 Å². The molecule has 0 spiro atoms. The Morgan fingerprint density at radius 3 is 2.80 bits per heavy atom. The zero-order valence-corrected chi connectivity index (χ0v) is 11.9. The van der Waals surface area contributed by atoms with Gasteiger partial charge < -0.3 is 11.1 Å². The van der Waals surface area contributed by atoms with Crippen LogP contribution in [0.1, 0.15) is 36.3 Å². The molecular formula is C15H20N4O. The number of nitrogens with two attached hydrogens (primary N) is 1. The molecule has 1 amide bonds. The Labute approximate surface area is 118 Å². The van der Waals surface area contributed by atoms with E-state index in [0.717, 1.165) is 24.1 Å². The lowest BCUT2D eigenvalue weighted by Crippen LogP contribution is -2.19. The van der Waals surface area contributed by atoms with E-state index in [2.05, 4.69) is 17.3 Å². The number of aryl methyl sites for hydroxylation is 2. The van der Waals surface area contributed by atoms with E-state index in [9.17, 15) is 4.79 Å². The van der Waals surface area contributed by atoms with Gasteiger partial charge in [0.1, 0.15) is 5.69 Å². The maximum Gasteiger partial charge on any atom is 0.276 e. The van der Waals surface area contributed by atoms with Crippen molar-refractivity contribution >= 4 is 17.3 Å². The highest BCUT2D eigenvalue weighted by atomic mass is 16.2. The summed E-state index contributed by atoms with van der Waals surface area (Å²) in [6, 6.07) is 7.83. The third-order valence-corrected chi connectivity index (χ3v) is 3.17. The van der Waals surface area contributed by atoms with Crippen LogP contribution in [0.3, 0.4) is 0 Å². The molecule has 3 N–H and O–H groups in total. The fourth-order valence-electron chi connectivity index (χ4n) is 2.20. The molecule has 0 aliphatic rings. The molecule has 0 radical (unpaired) electrons. The molecule has 0 saturated carbocycles. The maximum atomic E-state index is 12.4. The number of hydrogen-bond acceptors (Lipinski definition) is 3. The second kappa shape index (κ2) is 6.23. The number of nitrogens with one attached hydrogen (secondary N) is 1. The van der Waals surface area contributed by atoms with Crippen LogP contribution in [0.5, 0.6) is 0 Å². The molecule has 0 fully saturated rings. The van der Waals surface area contributed by atoms with Crippen LogP contribution in [0.25, 0.3) is 0 Å². The average Bonchev–Trinajstić information content (AvgIpc) is 2.82. The number of nitrogen functional groups attached to an aromatic ring is 1. The van der Waals surface area contributed by atoms with Gasteiger partial charge in [0.05, 0.1) is 11.9 Å². The first-order valence-electron chi connectivity index (χ1n) is 6.87. The van der Waals surface area contributed by atoms with E-state index < -0.39 is 0 Å². The Hall–Kier alpha value is -2.30. The zero-order chi connectivity index (χ0) is 14.5. The number of rotatable bonds is 5. The van der Waals surface area contributed by atoms with Crippen LogP contribution in [-0.2, 0) is 13.0 Å². The Kier molecular flexibility index (Phi) is 4.40. The number of hydrogen-bond donors (Lipinski definition) is 2. The Bertz CT molecular complexity index is 604. The number of anilines is 2. The van der Waals surface area contributed by atoms with Crippen molar-refractivity contribution in [2.24, 2.45) is 0 Å². The fraction of sp³-hybridized carbons (Fsp3) is 0.333. The predicted octanol–water partition coefficient (Wildman–Crippen LogP) is 2.69. The summed E-state index contributed by atoms with van der Waals surface area (Å²) in [7, 11) is 0. The summed E-state index contributed by atoms with van der Waals surface area (Å²) >= 11 is 0. The van der Waals surface area contributed by atoms with E-state index in [1.54, 1.807) is 4.68 Å². The number of carbonyl (C=O) groups excluding carboxylic acids is 1. The normalized spacial score (nSPS) is 10.5. The molecule has 2 aromatic rings. The Morgan fingerprint density at radius 2 is 2.10 bits per heavy atom. The lowest BCUT2D eigenvalue weighted by molar-refractivity contribution is 0.101. The molecule has 0 atom stereocenters. The molecule has 20 heavy (non-hydrogen) atoms. The van der Waals surface area contributed by atoms with E-state index in [1.165, 1.54) is 6.20 Å². The van der Waals surface area contributed by atoms with Gasteiger partial charge in [-0.1, -0.05) is 31.5 Å². The van der Waals surface area contributed by atoms with Gasteiger partial charge in [-0.15, -0.1) is 0 Å². The van der Waals surface area contributed by atoms with Crippen LogP contribution in [-0.4, -0.2) is 15.7 Å². The lowest BCUT2D eigenvalue weighted by Gasteiger charge is -2.11. The SMILES string of the molecule is CCCc1ccccc1NC(=O)c1c(N)cnn1CC. The van der Waals surface area contributed by atoms with Crippen LogP contribution >= 0.6 is 0 Å². The quantitative estimate of drug-likeness (QED) is 0.879. The molecular weight excluding hydrogens is 252 g/mol. The highest BCUT2D eigenvalue weighted by molar-refractivity contribution is 6.06. The topological polar surface area (TPSA) is 72.9 Å². The number of nitrogens with zero attached hydrogens (tertiary/aromatic N) is 2. The molecule has 0 aliphatic heterocycles. The predicted molar refractivity (Wildman–Crippen MR) is 80.7 cm³/mol. The first-order valence-corrected chi connectivity index (χ1v) is 6.87. The van der Waals surface area contributed by atoms with Crippen LogP contribution in [0.2, 0.25) is 0 Å². The van der Waals surface area contributed by atoms with E-state index in [-0.39, 0.29) is 5.91 Å². The molecule has 0 unspecified atom stereocenters. The Balaban J connectivity index is 2.26.